The lowest BCUT2D eigenvalue weighted by Crippen LogP contribution is -2.64. The number of rotatable bonds is 11. The normalized spacial score (nSPS) is 42.5. The summed E-state index contributed by atoms with van der Waals surface area (Å²) in [5, 5.41) is 80.0. The fourth-order valence-corrected chi connectivity index (χ4v) is 5.02. The maximum atomic E-state index is 11.4. The highest BCUT2D eigenvalue weighted by atomic mass is 16.7. The minimum Gasteiger partial charge on any atom is -0.394 e. The zero-order chi connectivity index (χ0) is 31.7. The Morgan fingerprint density at radius 1 is 0.605 bits per heavy atom. The average molecular weight is 614 g/mol. The molecule has 234 valence electrons. The molecule has 25 heteroatoms. The molecule has 0 amide bonds. The summed E-state index contributed by atoms with van der Waals surface area (Å²) < 4.78 is 22.5. The first-order chi connectivity index (χ1) is 20.7. The number of nitrogens with zero attached hydrogens (tertiary/aromatic N) is 15. The third-order valence-electron chi connectivity index (χ3n) is 7.11. The molecule has 0 radical (unpaired) electrons. The second kappa shape index (κ2) is 15.6. The second-order valence-corrected chi connectivity index (χ2v) is 9.51. The quantitative estimate of drug-likeness (QED) is 0.0978. The van der Waals surface area contributed by atoms with Crippen molar-refractivity contribution in [2.24, 2.45) is 25.6 Å². The molecule has 6 N–H and O–H groups in total. The van der Waals surface area contributed by atoms with Gasteiger partial charge in [0.2, 0.25) is 0 Å². The Balaban J connectivity index is 1.97. The van der Waals surface area contributed by atoms with E-state index in [0.29, 0.717) is 0 Å². The highest BCUT2D eigenvalue weighted by molar-refractivity contribution is 5.04. The van der Waals surface area contributed by atoms with Gasteiger partial charge in [-0.05, 0) is 34.1 Å². The maximum Gasteiger partial charge on any atom is 0.184 e. The minimum atomic E-state index is -1.91. The van der Waals surface area contributed by atoms with Gasteiger partial charge in [0.1, 0.15) is 30.5 Å². The minimum absolute atomic E-state index is 0.346. The first-order valence-electron chi connectivity index (χ1n) is 12.5. The Bertz CT molecular complexity index is 1210. The van der Waals surface area contributed by atoms with Crippen LogP contribution >= 0.6 is 0 Å². The lowest BCUT2D eigenvalue weighted by atomic mass is 9.84. The summed E-state index contributed by atoms with van der Waals surface area (Å²) in [6, 6.07) is -5.82. The molecular formula is C18H27N15O10. The number of hydrogen-bond acceptors (Lipinski definition) is 15. The van der Waals surface area contributed by atoms with E-state index in [1.165, 1.54) is 0 Å². The van der Waals surface area contributed by atoms with Crippen LogP contribution in [0.25, 0.3) is 52.2 Å². The molecule has 0 aromatic carbocycles. The van der Waals surface area contributed by atoms with Crippen molar-refractivity contribution < 1.29 is 49.6 Å². The van der Waals surface area contributed by atoms with E-state index in [2.05, 4.69) is 50.1 Å². The average Bonchev–Trinajstić information content (AvgIpc) is 2.99. The van der Waals surface area contributed by atoms with Crippen molar-refractivity contribution in [2.45, 2.75) is 98.1 Å². The van der Waals surface area contributed by atoms with Crippen LogP contribution in [0.5, 0.6) is 0 Å². The number of azide groups is 5. The number of ether oxygens (including phenoxy) is 4. The van der Waals surface area contributed by atoms with Gasteiger partial charge in [-0.25, -0.2) is 0 Å². The van der Waals surface area contributed by atoms with Crippen molar-refractivity contribution in [3.8, 4) is 0 Å². The molecule has 25 nitrogen and oxygen atoms in total. The van der Waals surface area contributed by atoms with Gasteiger partial charge in [0, 0.05) is 24.6 Å². The van der Waals surface area contributed by atoms with E-state index in [1.54, 1.807) is 0 Å². The van der Waals surface area contributed by atoms with Gasteiger partial charge in [-0.1, -0.05) is 25.6 Å². The molecule has 2 aliphatic heterocycles. The van der Waals surface area contributed by atoms with Gasteiger partial charge in [0.15, 0.2) is 12.6 Å². The van der Waals surface area contributed by atoms with Crippen LogP contribution in [0.4, 0.5) is 0 Å². The maximum absolute atomic E-state index is 11.4. The molecule has 0 unspecified atom stereocenters. The fraction of sp³-hybridized carbons (Fsp3) is 1.00. The summed E-state index contributed by atoms with van der Waals surface area (Å²) in [7, 11) is 0. The molecule has 0 aromatic heterocycles. The second-order valence-electron chi connectivity index (χ2n) is 9.51. The van der Waals surface area contributed by atoms with Crippen molar-refractivity contribution in [1.29, 1.82) is 0 Å². The van der Waals surface area contributed by atoms with Crippen LogP contribution in [-0.4, -0.2) is 135 Å². The summed E-state index contributed by atoms with van der Waals surface area (Å²) in [6.07, 6.45) is -18.8. The molecule has 0 bridgehead atoms. The molecule has 3 aliphatic rings. The van der Waals surface area contributed by atoms with Crippen LogP contribution in [0.3, 0.4) is 0 Å². The Morgan fingerprint density at radius 3 is 1.67 bits per heavy atom. The van der Waals surface area contributed by atoms with Gasteiger partial charge < -0.3 is 49.6 Å². The first-order valence-corrected chi connectivity index (χ1v) is 12.5. The molecule has 2 heterocycles. The third kappa shape index (κ3) is 7.39. The van der Waals surface area contributed by atoms with E-state index in [-0.39, 0.29) is 6.42 Å². The molecule has 1 aliphatic carbocycles. The highest BCUT2D eigenvalue weighted by Crippen LogP contribution is 2.36. The SMILES string of the molecule is [N-]=[N+]=NC[C@H]1O[C@H](O[C@H]2[C@H](O)[C@@H](O[C@H]3O[C@H](CO)[C@@H](O)[C@H](N=[N+]=[N-])[C@H]3O)[C@H](N=[N+]=[N-])C[C@@H]2N=[N+]=[N-])[C@H](N=[N+]=[N-])[C@@H](O)[C@@H]1O. The molecule has 15 atom stereocenters. The highest BCUT2D eigenvalue weighted by Gasteiger charge is 2.53. The largest absolute Gasteiger partial charge is 0.394 e. The van der Waals surface area contributed by atoms with Gasteiger partial charge in [0.05, 0.1) is 61.8 Å². The topological polar surface area (TPSA) is 402 Å². The lowest BCUT2D eigenvalue weighted by Gasteiger charge is -2.48. The standard InChI is InChI=1S/C18H27N15O10/c19-29-24-2-6-11(36)12(37)9(28-33-23)17(40-6)42-15-4(25-30-20)1-5(26-31-21)16(14(15)39)43-18-13(38)8(27-32-22)10(35)7(3-34)41-18/h4-18,34-39H,1-3H2/t4-,5+,6+,7+,8-,9+,10+,11+,12+,13+,14-,15+,16-,17+,18+/m0/s1. The summed E-state index contributed by atoms with van der Waals surface area (Å²) in [5.41, 5.74) is 44.8. The third-order valence-corrected chi connectivity index (χ3v) is 7.11. The van der Waals surface area contributed by atoms with Crippen LogP contribution in [-0.2, 0) is 18.9 Å². The molecule has 0 aromatic rings. The zero-order valence-electron chi connectivity index (χ0n) is 21.8. The Morgan fingerprint density at radius 2 is 1.14 bits per heavy atom. The summed E-state index contributed by atoms with van der Waals surface area (Å²) in [5.74, 6) is 0. The van der Waals surface area contributed by atoms with Crippen LogP contribution in [0, 0.1) is 0 Å². The van der Waals surface area contributed by atoms with Gasteiger partial charge in [-0.3, -0.25) is 0 Å². The van der Waals surface area contributed by atoms with E-state index in [9.17, 15) is 30.6 Å². The predicted octanol–water partition coefficient (Wildman–Crippen LogP) is -0.567. The number of aliphatic hydroxyl groups is 6. The van der Waals surface area contributed by atoms with E-state index in [1.807, 2.05) is 0 Å². The fourth-order valence-electron chi connectivity index (χ4n) is 5.02. The summed E-state index contributed by atoms with van der Waals surface area (Å²) in [6.45, 7) is -1.29. The number of aliphatic hydroxyl groups excluding tert-OH is 6. The van der Waals surface area contributed by atoms with Gasteiger partial charge >= 0.3 is 0 Å². The molecule has 1 saturated carbocycles. The van der Waals surface area contributed by atoms with Gasteiger partial charge in [0.25, 0.3) is 0 Å². The van der Waals surface area contributed by atoms with Crippen molar-refractivity contribution in [2.75, 3.05) is 13.2 Å². The van der Waals surface area contributed by atoms with E-state index >= 15 is 0 Å². The van der Waals surface area contributed by atoms with Crippen molar-refractivity contribution in [1.82, 2.24) is 0 Å². The van der Waals surface area contributed by atoms with E-state index < -0.39 is 105 Å². The molecule has 2 saturated heterocycles. The van der Waals surface area contributed by atoms with Crippen molar-refractivity contribution in [3.05, 3.63) is 52.2 Å². The zero-order valence-corrected chi connectivity index (χ0v) is 21.8. The van der Waals surface area contributed by atoms with Crippen molar-refractivity contribution in [3.63, 3.8) is 0 Å². The Labute approximate surface area is 239 Å². The molecule has 3 fully saturated rings. The smallest absolute Gasteiger partial charge is 0.184 e. The molecule has 3 rings (SSSR count). The molecule has 43 heavy (non-hydrogen) atoms. The van der Waals surface area contributed by atoms with E-state index in [4.69, 9.17) is 46.6 Å². The monoisotopic (exact) mass is 613 g/mol. The predicted molar refractivity (Wildman–Crippen MR) is 135 cm³/mol. The molecular weight excluding hydrogens is 586 g/mol. The Hall–Kier alpha value is -3.85. The molecule has 0 spiro atoms. The van der Waals surface area contributed by atoms with Crippen LogP contribution < -0.4 is 0 Å². The summed E-state index contributed by atoms with van der Waals surface area (Å²) in [4.78, 5) is 13.1. The lowest BCUT2D eigenvalue weighted by molar-refractivity contribution is -0.318. The first kappa shape index (κ1) is 33.6. The van der Waals surface area contributed by atoms with Crippen LogP contribution in [0.15, 0.2) is 25.6 Å². The van der Waals surface area contributed by atoms with Crippen LogP contribution in [0.1, 0.15) is 6.42 Å². The van der Waals surface area contributed by atoms with Gasteiger partial charge in [-0.15, -0.1) is 0 Å². The summed E-state index contributed by atoms with van der Waals surface area (Å²) >= 11 is 0. The van der Waals surface area contributed by atoms with Gasteiger partial charge in [-0.2, -0.15) is 0 Å². The van der Waals surface area contributed by atoms with E-state index in [0.717, 1.165) is 0 Å². The Kier molecular flexibility index (Phi) is 12.2. The number of hydrogen-bond donors (Lipinski definition) is 6. The van der Waals surface area contributed by atoms with Crippen molar-refractivity contribution >= 4 is 0 Å². The van der Waals surface area contributed by atoms with Crippen LogP contribution in [0.2, 0.25) is 0 Å².